The van der Waals surface area contributed by atoms with Crippen molar-refractivity contribution < 1.29 is 27.6 Å². The zero-order chi connectivity index (χ0) is 18.1. The molecule has 0 bridgehead atoms. The van der Waals surface area contributed by atoms with Gasteiger partial charge in [0.15, 0.2) is 0 Å². The van der Waals surface area contributed by atoms with E-state index in [4.69, 9.17) is 4.84 Å². The van der Waals surface area contributed by atoms with Gasteiger partial charge < -0.3 is 10.2 Å². The number of benzene rings is 1. The van der Waals surface area contributed by atoms with Gasteiger partial charge in [0.2, 0.25) is 0 Å². The van der Waals surface area contributed by atoms with E-state index in [1.807, 2.05) is 0 Å². The van der Waals surface area contributed by atoms with Crippen LogP contribution in [0.3, 0.4) is 0 Å². The van der Waals surface area contributed by atoms with Gasteiger partial charge in [-0.25, -0.2) is 9.59 Å². The number of carbonyl (C=O) groups excluding carboxylic acids is 2. The summed E-state index contributed by atoms with van der Waals surface area (Å²) < 4.78 is 37.7. The van der Waals surface area contributed by atoms with E-state index in [2.05, 4.69) is 5.32 Å². The van der Waals surface area contributed by atoms with E-state index < -0.39 is 29.4 Å². The molecule has 0 saturated carbocycles. The standard InChI is InChI=1S/C15H18F3N3O3/c1-14(2,3)19-12(22)24-21-9-8-20(13(21)23)11-6-4-10(5-7-11)15(16,17)18/h4-7H,8-9H2,1-3H3,(H,19,22). The van der Waals surface area contributed by atoms with Crippen LogP contribution in [0.5, 0.6) is 0 Å². The molecular formula is C15H18F3N3O3. The molecule has 0 aliphatic carbocycles. The molecule has 2 rings (SSSR count). The number of hydrogen-bond donors (Lipinski definition) is 1. The van der Waals surface area contributed by atoms with E-state index in [1.54, 1.807) is 20.8 Å². The molecule has 9 heteroatoms. The quantitative estimate of drug-likeness (QED) is 0.894. The fraction of sp³-hybridized carbons (Fsp3) is 0.467. The highest BCUT2D eigenvalue weighted by Gasteiger charge is 2.34. The summed E-state index contributed by atoms with van der Waals surface area (Å²) in [6, 6.07) is 3.61. The van der Waals surface area contributed by atoms with Gasteiger partial charge in [-0.2, -0.15) is 13.2 Å². The van der Waals surface area contributed by atoms with Crippen LogP contribution in [0.2, 0.25) is 0 Å². The van der Waals surface area contributed by atoms with Crippen LogP contribution in [0.25, 0.3) is 0 Å². The average Bonchev–Trinajstić information content (AvgIpc) is 2.77. The van der Waals surface area contributed by atoms with Crippen molar-refractivity contribution in [1.82, 2.24) is 10.4 Å². The smallest absolute Gasteiger partial charge is 0.317 e. The van der Waals surface area contributed by atoms with Crippen molar-refractivity contribution in [3.05, 3.63) is 29.8 Å². The van der Waals surface area contributed by atoms with Gasteiger partial charge in [-0.3, -0.25) is 4.90 Å². The summed E-state index contributed by atoms with van der Waals surface area (Å²) >= 11 is 0. The number of urea groups is 1. The first-order valence-electron chi connectivity index (χ1n) is 7.24. The summed E-state index contributed by atoms with van der Waals surface area (Å²) in [5.74, 6) is 0. The third-order valence-electron chi connectivity index (χ3n) is 3.15. The second-order valence-corrected chi connectivity index (χ2v) is 6.33. The molecule has 1 aromatic carbocycles. The molecule has 24 heavy (non-hydrogen) atoms. The Morgan fingerprint density at radius 3 is 2.21 bits per heavy atom. The molecule has 3 amide bonds. The van der Waals surface area contributed by atoms with Gasteiger partial charge in [0.25, 0.3) is 0 Å². The van der Waals surface area contributed by atoms with Gasteiger partial charge in [0, 0.05) is 17.8 Å². The van der Waals surface area contributed by atoms with Crippen molar-refractivity contribution in [2.24, 2.45) is 0 Å². The molecule has 1 aliphatic heterocycles. The van der Waals surface area contributed by atoms with Crippen molar-refractivity contribution in [3.8, 4) is 0 Å². The first-order valence-corrected chi connectivity index (χ1v) is 7.24. The lowest BCUT2D eigenvalue weighted by molar-refractivity contribution is -0.137. The number of hydroxylamine groups is 2. The number of rotatable bonds is 2. The fourth-order valence-electron chi connectivity index (χ4n) is 2.10. The maximum atomic E-state index is 12.6. The zero-order valence-corrected chi connectivity index (χ0v) is 13.5. The highest BCUT2D eigenvalue weighted by Crippen LogP contribution is 2.31. The molecule has 0 aromatic heterocycles. The van der Waals surface area contributed by atoms with Gasteiger partial charge in [0.1, 0.15) is 0 Å². The SMILES string of the molecule is CC(C)(C)NC(=O)ON1CCN(c2ccc(C(F)(F)F)cc2)C1=O. The first-order chi connectivity index (χ1) is 11.0. The van der Waals surface area contributed by atoms with E-state index in [9.17, 15) is 22.8 Å². The summed E-state index contributed by atoms with van der Waals surface area (Å²) in [6.45, 7) is 5.60. The molecule has 6 nitrogen and oxygen atoms in total. The van der Waals surface area contributed by atoms with E-state index in [0.717, 1.165) is 17.2 Å². The molecule has 0 atom stereocenters. The summed E-state index contributed by atoms with van der Waals surface area (Å²) in [6.07, 6.45) is -5.21. The number of nitrogens with one attached hydrogen (secondary N) is 1. The van der Waals surface area contributed by atoms with Crippen LogP contribution in [-0.4, -0.2) is 35.8 Å². The molecule has 0 unspecified atom stereocenters. The fourth-order valence-corrected chi connectivity index (χ4v) is 2.10. The second kappa shape index (κ2) is 6.21. The normalized spacial score (nSPS) is 15.7. The summed E-state index contributed by atoms with van der Waals surface area (Å²) in [4.78, 5) is 30.1. The molecule has 0 radical (unpaired) electrons. The highest BCUT2D eigenvalue weighted by atomic mass is 19.4. The van der Waals surface area contributed by atoms with Crippen LogP contribution in [0.1, 0.15) is 26.3 Å². The lowest BCUT2D eigenvalue weighted by Gasteiger charge is -2.22. The highest BCUT2D eigenvalue weighted by molar-refractivity contribution is 5.94. The molecular weight excluding hydrogens is 327 g/mol. The van der Waals surface area contributed by atoms with Crippen molar-refractivity contribution in [3.63, 3.8) is 0 Å². The second-order valence-electron chi connectivity index (χ2n) is 6.33. The Balaban J connectivity index is 2.02. The number of carbonyl (C=O) groups is 2. The van der Waals surface area contributed by atoms with Crippen LogP contribution in [0, 0.1) is 0 Å². The summed E-state index contributed by atoms with van der Waals surface area (Å²) in [7, 11) is 0. The minimum atomic E-state index is -4.44. The lowest BCUT2D eigenvalue weighted by atomic mass is 10.1. The van der Waals surface area contributed by atoms with E-state index >= 15 is 0 Å². The third kappa shape index (κ3) is 4.30. The number of hydrogen-bond acceptors (Lipinski definition) is 3. The van der Waals surface area contributed by atoms with Gasteiger partial charge in [0.05, 0.1) is 12.1 Å². The predicted octanol–water partition coefficient (Wildman–Crippen LogP) is 3.39. The Morgan fingerprint density at radius 1 is 1.12 bits per heavy atom. The van der Waals surface area contributed by atoms with Crippen molar-refractivity contribution in [2.45, 2.75) is 32.5 Å². The van der Waals surface area contributed by atoms with Gasteiger partial charge in [-0.15, -0.1) is 5.06 Å². The summed E-state index contributed by atoms with van der Waals surface area (Å²) in [5, 5.41) is 3.42. The van der Waals surface area contributed by atoms with Crippen molar-refractivity contribution in [2.75, 3.05) is 18.0 Å². The van der Waals surface area contributed by atoms with Crippen LogP contribution < -0.4 is 10.2 Å². The van der Waals surface area contributed by atoms with E-state index in [1.165, 1.54) is 17.0 Å². The maximum Gasteiger partial charge on any atom is 0.432 e. The first kappa shape index (κ1) is 17.9. The van der Waals surface area contributed by atoms with Crippen LogP contribution in [0.4, 0.5) is 28.4 Å². The number of halogens is 3. The molecule has 1 heterocycles. The molecule has 1 aromatic rings. The predicted molar refractivity (Wildman–Crippen MR) is 80.3 cm³/mol. The lowest BCUT2D eigenvalue weighted by Crippen LogP contribution is -2.44. The molecule has 0 spiro atoms. The molecule has 1 aliphatic rings. The molecule has 1 N–H and O–H groups in total. The van der Waals surface area contributed by atoms with Crippen LogP contribution in [0.15, 0.2) is 24.3 Å². The van der Waals surface area contributed by atoms with Crippen LogP contribution >= 0.6 is 0 Å². The number of alkyl halides is 3. The maximum absolute atomic E-state index is 12.6. The minimum Gasteiger partial charge on any atom is -0.317 e. The number of nitrogens with zero attached hydrogens (tertiary/aromatic N) is 2. The molecule has 132 valence electrons. The van der Waals surface area contributed by atoms with Crippen molar-refractivity contribution >= 4 is 17.8 Å². The minimum absolute atomic E-state index is 0.122. The summed E-state index contributed by atoms with van der Waals surface area (Å²) in [5.41, 5.74) is -1.02. The Morgan fingerprint density at radius 2 is 1.71 bits per heavy atom. The number of amides is 3. The van der Waals surface area contributed by atoms with E-state index in [0.29, 0.717) is 5.69 Å². The largest absolute Gasteiger partial charge is 0.432 e. The Bertz CT molecular complexity index is 624. The molecule has 1 saturated heterocycles. The Labute approximate surface area is 137 Å². The molecule has 1 fully saturated rings. The average molecular weight is 345 g/mol. The van der Waals surface area contributed by atoms with Gasteiger partial charge in [-0.1, -0.05) is 0 Å². The number of anilines is 1. The van der Waals surface area contributed by atoms with E-state index in [-0.39, 0.29) is 13.1 Å². The Kier molecular flexibility index (Phi) is 4.63. The zero-order valence-electron chi connectivity index (χ0n) is 13.5. The Hall–Kier alpha value is -2.45. The third-order valence-corrected chi connectivity index (χ3v) is 3.15. The van der Waals surface area contributed by atoms with Gasteiger partial charge >= 0.3 is 18.3 Å². The van der Waals surface area contributed by atoms with Crippen LogP contribution in [-0.2, 0) is 11.0 Å². The topological polar surface area (TPSA) is 61.9 Å². The van der Waals surface area contributed by atoms with Gasteiger partial charge in [-0.05, 0) is 45.0 Å². The monoisotopic (exact) mass is 345 g/mol. The van der Waals surface area contributed by atoms with Crippen molar-refractivity contribution in [1.29, 1.82) is 0 Å².